The maximum atomic E-state index is 12.2. The third kappa shape index (κ3) is 8.16. The molecule has 178 valence electrons. The monoisotopic (exact) mass is 461 g/mol. The van der Waals surface area contributed by atoms with Crippen LogP contribution in [0, 0.1) is 20.8 Å². The van der Waals surface area contributed by atoms with Crippen LogP contribution in [0.3, 0.4) is 0 Å². The normalized spacial score (nSPS) is 10.3. The smallest absolute Gasteiger partial charge is 0.411 e. The fourth-order valence-electron chi connectivity index (χ4n) is 3.45. The van der Waals surface area contributed by atoms with E-state index in [9.17, 15) is 9.59 Å². The first kappa shape index (κ1) is 24.6. The van der Waals surface area contributed by atoms with Gasteiger partial charge in [0.05, 0.1) is 13.1 Å². The number of carbonyl (C=O) groups excluding carboxylic acids is 2. The first-order valence-electron chi connectivity index (χ1n) is 11.2. The zero-order valence-electron chi connectivity index (χ0n) is 19.8. The van der Waals surface area contributed by atoms with E-state index in [2.05, 4.69) is 10.6 Å². The van der Waals surface area contributed by atoms with E-state index >= 15 is 0 Å². The number of carbonyl (C=O) groups is 2. The van der Waals surface area contributed by atoms with Gasteiger partial charge >= 0.3 is 12.2 Å². The molecule has 0 aliphatic carbocycles. The number of hydrogen-bond donors (Lipinski definition) is 2. The van der Waals surface area contributed by atoms with Gasteiger partial charge in [-0.2, -0.15) is 0 Å². The average molecular weight is 462 g/mol. The van der Waals surface area contributed by atoms with E-state index in [-0.39, 0.29) is 13.2 Å². The zero-order chi connectivity index (χ0) is 24.3. The van der Waals surface area contributed by atoms with Gasteiger partial charge in [-0.15, -0.1) is 0 Å². The number of aryl methyl sites for hydroxylation is 3. The Morgan fingerprint density at radius 3 is 1.56 bits per heavy atom. The second kappa shape index (κ2) is 12.3. The fourth-order valence-corrected chi connectivity index (χ4v) is 3.45. The summed E-state index contributed by atoms with van der Waals surface area (Å²) in [5.41, 5.74) is 5.55. The molecule has 0 atom stereocenters. The lowest BCUT2D eigenvalue weighted by atomic mass is 10.2. The van der Waals surface area contributed by atoms with Crippen LogP contribution in [0.2, 0.25) is 0 Å². The molecule has 0 fully saturated rings. The Morgan fingerprint density at radius 2 is 1.12 bits per heavy atom. The third-order valence-electron chi connectivity index (χ3n) is 5.08. The number of ether oxygens (including phenoxy) is 2. The topological polar surface area (TPSA) is 79.9 Å². The number of nitrogens with zero attached hydrogens (tertiary/aromatic N) is 1. The molecule has 3 rings (SSSR count). The molecule has 2 N–H and O–H groups in total. The third-order valence-corrected chi connectivity index (χ3v) is 5.08. The first-order chi connectivity index (χ1) is 16.4. The molecule has 0 heterocycles. The molecule has 0 aliphatic rings. The Morgan fingerprint density at radius 1 is 0.676 bits per heavy atom. The highest BCUT2D eigenvalue weighted by Gasteiger charge is 2.11. The molecule has 0 saturated heterocycles. The van der Waals surface area contributed by atoms with E-state index in [1.165, 1.54) is 0 Å². The molecule has 0 bridgehead atoms. The van der Waals surface area contributed by atoms with Crippen LogP contribution in [0.15, 0.2) is 72.8 Å². The van der Waals surface area contributed by atoms with Crippen LogP contribution in [0.1, 0.15) is 16.7 Å². The fraction of sp³-hybridized carbons (Fsp3) is 0.259. The summed E-state index contributed by atoms with van der Waals surface area (Å²) in [4.78, 5) is 26.4. The predicted molar refractivity (Wildman–Crippen MR) is 136 cm³/mol. The van der Waals surface area contributed by atoms with Gasteiger partial charge in [-0.3, -0.25) is 10.6 Å². The maximum Gasteiger partial charge on any atom is 0.411 e. The van der Waals surface area contributed by atoms with Crippen molar-refractivity contribution < 1.29 is 19.1 Å². The maximum absolute atomic E-state index is 12.2. The van der Waals surface area contributed by atoms with Gasteiger partial charge in [0.2, 0.25) is 0 Å². The van der Waals surface area contributed by atoms with Crippen molar-refractivity contribution in [3.05, 3.63) is 89.5 Å². The SMILES string of the molecule is Cc1cccc(NC(=O)OCCN(CCOC(=O)Nc2cccc(C)c2)c2cccc(C)c2)c1. The van der Waals surface area contributed by atoms with E-state index in [0.717, 1.165) is 22.4 Å². The second-order valence-electron chi connectivity index (χ2n) is 8.09. The lowest BCUT2D eigenvalue weighted by Crippen LogP contribution is -2.33. The van der Waals surface area contributed by atoms with Gasteiger partial charge in [0, 0.05) is 17.1 Å². The number of anilines is 3. The molecule has 0 saturated carbocycles. The van der Waals surface area contributed by atoms with E-state index < -0.39 is 12.2 Å². The Labute approximate surface area is 200 Å². The number of hydrogen-bond acceptors (Lipinski definition) is 5. The summed E-state index contributed by atoms with van der Waals surface area (Å²) in [5.74, 6) is 0. The molecule has 0 spiro atoms. The summed E-state index contributed by atoms with van der Waals surface area (Å²) < 4.78 is 10.7. The molecule has 7 nitrogen and oxygen atoms in total. The molecule has 0 radical (unpaired) electrons. The van der Waals surface area contributed by atoms with Crippen LogP contribution >= 0.6 is 0 Å². The Hall–Kier alpha value is -4.00. The van der Waals surface area contributed by atoms with Crippen LogP contribution < -0.4 is 15.5 Å². The summed E-state index contributed by atoms with van der Waals surface area (Å²) in [6.45, 7) is 7.20. The van der Waals surface area contributed by atoms with Crippen molar-refractivity contribution in [3.63, 3.8) is 0 Å². The molecular formula is C27H31N3O4. The van der Waals surface area contributed by atoms with Crippen molar-refractivity contribution in [1.29, 1.82) is 0 Å². The Kier molecular flexibility index (Phi) is 8.91. The molecule has 34 heavy (non-hydrogen) atoms. The highest BCUT2D eigenvalue weighted by molar-refractivity contribution is 5.85. The average Bonchev–Trinajstić information content (AvgIpc) is 2.78. The minimum atomic E-state index is -0.511. The highest BCUT2D eigenvalue weighted by Crippen LogP contribution is 2.16. The van der Waals surface area contributed by atoms with Gasteiger partial charge in [-0.25, -0.2) is 9.59 Å². The van der Waals surface area contributed by atoms with E-state index in [0.29, 0.717) is 24.5 Å². The molecular weight excluding hydrogens is 430 g/mol. The molecule has 3 aromatic carbocycles. The zero-order valence-corrected chi connectivity index (χ0v) is 19.8. The lowest BCUT2D eigenvalue weighted by molar-refractivity contribution is 0.159. The molecule has 7 heteroatoms. The van der Waals surface area contributed by atoms with Crippen molar-refractivity contribution in [1.82, 2.24) is 0 Å². The van der Waals surface area contributed by atoms with Crippen LogP contribution in [0.4, 0.5) is 26.7 Å². The molecule has 0 aliphatic heterocycles. The van der Waals surface area contributed by atoms with Crippen LogP contribution in [-0.2, 0) is 9.47 Å². The predicted octanol–water partition coefficient (Wildman–Crippen LogP) is 5.92. The van der Waals surface area contributed by atoms with Crippen molar-refractivity contribution in [2.75, 3.05) is 41.8 Å². The number of rotatable bonds is 9. The van der Waals surface area contributed by atoms with Crippen LogP contribution in [0.5, 0.6) is 0 Å². The summed E-state index contributed by atoms with van der Waals surface area (Å²) in [7, 11) is 0. The second-order valence-corrected chi connectivity index (χ2v) is 8.09. The van der Waals surface area contributed by atoms with Crippen molar-refractivity contribution in [2.24, 2.45) is 0 Å². The van der Waals surface area contributed by atoms with Gasteiger partial charge in [-0.05, 0) is 73.9 Å². The van der Waals surface area contributed by atoms with Gasteiger partial charge in [-0.1, -0.05) is 36.4 Å². The molecule has 0 unspecified atom stereocenters. The standard InChI is InChI=1S/C27H31N3O4/c1-20-7-4-10-23(17-20)28-26(31)33-15-13-30(25-12-6-9-22(3)19-25)14-16-34-27(32)29-24-11-5-8-21(2)18-24/h4-12,17-19H,13-16H2,1-3H3,(H,28,31)(H,29,32). The molecule has 2 amide bonds. The number of benzene rings is 3. The highest BCUT2D eigenvalue weighted by atomic mass is 16.6. The van der Waals surface area contributed by atoms with Crippen LogP contribution in [-0.4, -0.2) is 38.5 Å². The van der Waals surface area contributed by atoms with E-state index in [4.69, 9.17) is 9.47 Å². The van der Waals surface area contributed by atoms with Crippen LogP contribution in [0.25, 0.3) is 0 Å². The summed E-state index contributed by atoms with van der Waals surface area (Å²) in [5, 5.41) is 5.47. The summed E-state index contributed by atoms with van der Waals surface area (Å²) in [6, 6.07) is 23.0. The largest absolute Gasteiger partial charge is 0.447 e. The minimum Gasteiger partial charge on any atom is -0.447 e. The Balaban J connectivity index is 1.51. The molecule has 0 aromatic heterocycles. The van der Waals surface area contributed by atoms with Gasteiger partial charge in [0.1, 0.15) is 13.2 Å². The van der Waals surface area contributed by atoms with E-state index in [1.807, 2.05) is 98.5 Å². The lowest BCUT2D eigenvalue weighted by Gasteiger charge is -2.25. The van der Waals surface area contributed by atoms with Crippen molar-refractivity contribution >= 4 is 29.2 Å². The van der Waals surface area contributed by atoms with Crippen molar-refractivity contribution in [3.8, 4) is 0 Å². The number of amides is 2. The van der Waals surface area contributed by atoms with Gasteiger partial charge in [0.15, 0.2) is 0 Å². The van der Waals surface area contributed by atoms with Gasteiger partial charge < -0.3 is 14.4 Å². The van der Waals surface area contributed by atoms with Crippen molar-refractivity contribution in [2.45, 2.75) is 20.8 Å². The Bertz CT molecular complexity index is 1050. The minimum absolute atomic E-state index is 0.182. The summed E-state index contributed by atoms with van der Waals surface area (Å²) in [6.07, 6.45) is -1.02. The number of nitrogens with one attached hydrogen (secondary N) is 2. The quantitative estimate of drug-likeness (QED) is 0.414. The van der Waals surface area contributed by atoms with E-state index in [1.54, 1.807) is 0 Å². The molecule has 3 aromatic rings. The van der Waals surface area contributed by atoms with Gasteiger partial charge in [0.25, 0.3) is 0 Å². The first-order valence-corrected chi connectivity index (χ1v) is 11.2. The summed E-state index contributed by atoms with van der Waals surface area (Å²) >= 11 is 0.